The number of fused-ring (bicyclic) bond motifs is 3. The zero-order valence-electron chi connectivity index (χ0n) is 33.4. The molecule has 15 nitrogen and oxygen atoms in total. The smallest absolute Gasteiger partial charge is 0.408 e. The summed E-state index contributed by atoms with van der Waals surface area (Å²) in [4.78, 5) is 67.1. The lowest BCUT2D eigenvalue weighted by atomic mass is 10.0. The van der Waals surface area contributed by atoms with Crippen LogP contribution in [-0.2, 0) is 29.1 Å². The van der Waals surface area contributed by atoms with E-state index in [2.05, 4.69) is 20.3 Å². The van der Waals surface area contributed by atoms with E-state index in [4.69, 9.17) is 14.5 Å². The van der Waals surface area contributed by atoms with E-state index in [0.29, 0.717) is 43.6 Å². The maximum atomic E-state index is 14.6. The predicted molar refractivity (Wildman–Crippen MR) is 215 cm³/mol. The highest BCUT2D eigenvalue weighted by molar-refractivity contribution is 7.91. The Balaban J connectivity index is 1.22. The predicted octanol–water partition coefficient (Wildman–Crippen LogP) is 5.29. The van der Waals surface area contributed by atoms with Gasteiger partial charge in [0.2, 0.25) is 21.8 Å². The van der Waals surface area contributed by atoms with Gasteiger partial charge in [-0.15, -0.1) is 11.3 Å². The molecule has 2 aliphatic heterocycles. The maximum Gasteiger partial charge on any atom is 0.408 e. The minimum atomic E-state index is -3.90. The maximum absolute atomic E-state index is 14.6. The van der Waals surface area contributed by atoms with Crippen LogP contribution in [0.1, 0.15) is 104 Å². The number of allylic oxidation sites excluding steroid dienone is 1. The number of para-hydroxylation sites is 1. The quantitative estimate of drug-likeness (QED) is 0.252. The summed E-state index contributed by atoms with van der Waals surface area (Å²) in [7, 11) is -3.90. The van der Waals surface area contributed by atoms with Crippen molar-refractivity contribution in [3.05, 3.63) is 41.4 Å². The number of alkyl carbamates (subject to hydrolysis) is 1. The Bertz CT molecular complexity index is 2190. The molecule has 17 heteroatoms. The van der Waals surface area contributed by atoms with Crippen LogP contribution in [0, 0.1) is 12.8 Å². The monoisotopic (exact) mass is 823 g/mol. The summed E-state index contributed by atoms with van der Waals surface area (Å²) in [5, 5.41) is 7.85. The van der Waals surface area contributed by atoms with Gasteiger partial charge in [0.25, 0.3) is 11.9 Å². The molecule has 1 aromatic carbocycles. The highest BCUT2D eigenvalue weighted by atomic mass is 32.2. The lowest BCUT2D eigenvalue weighted by Crippen LogP contribution is -2.58. The first-order chi connectivity index (χ1) is 27.0. The molecule has 308 valence electrons. The van der Waals surface area contributed by atoms with Crippen LogP contribution in [0.5, 0.6) is 6.01 Å². The third-order valence-corrected chi connectivity index (χ3v) is 13.7. The number of amides is 4. The molecule has 4 amide bonds. The summed E-state index contributed by atoms with van der Waals surface area (Å²) in [6.07, 6.45) is 6.77. The zero-order chi connectivity index (χ0) is 40.9. The molecule has 57 heavy (non-hydrogen) atoms. The number of nitrogens with one attached hydrogen (secondary N) is 3. The number of hydrogen-bond acceptors (Lipinski definition) is 11. The molecule has 4 heterocycles. The molecule has 3 fully saturated rings. The number of imidazole rings is 1. The van der Waals surface area contributed by atoms with Gasteiger partial charge < -0.3 is 25.0 Å². The molecule has 5 atom stereocenters. The second-order valence-corrected chi connectivity index (χ2v) is 19.8. The molecule has 2 aliphatic carbocycles. The average Bonchev–Trinajstić information content (AvgIpc) is 3.96. The van der Waals surface area contributed by atoms with Crippen LogP contribution >= 0.6 is 11.3 Å². The Kier molecular flexibility index (Phi) is 11.2. The Morgan fingerprint density at radius 3 is 2.54 bits per heavy atom. The molecular formula is C40H53N7O8S2. The number of carbonyl (C=O) groups excluding carboxylic acids is 4. The second-order valence-electron chi connectivity index (χ2n) is 17.0. The lowest BCUT2D eigenvalue weighted by Gasteiger charge is -2.30. The minimum absolute atomic E-state index is 0.0121. The van der Waals surface area contributed by atoms with Gasteiger partial charge in [-0.25, -0.2) is 18.2 Å². The van der Waals surface area contributed by atoms with Crippen LogP contribution in [0.2, 0.25) is 0 Å². The van der Waals surface area contributed by atoms with E-state index < -0.39 is 74.3 Å². The van der Waals surface area contributed by atoms with Crippen molar-refractivity contribution in [2.75, 3.05) is 6.54 Å². The second kappa shape index (κ2) is 15.7. The molecule has 0 radical (unpaired) electrons. The average molecular weight is 824 g/mol. The first kappa shape index (κ1) is 40.7. The Hall–Kier alpha value is -4.51. The van der Waals surface area contributed by atoms with Gasteiger partial charge in [0.05, 0.1) is 17.3 Å². The fourth-order valence-electron chi connectivity index (χ4n) is 7.77. The summed E-state index contributed by atoms with van der Waals surface area (Å²) in [6, 6.07) is 4.02. The highest BCUT2D eigenvalue weighted by Crippen LogP contribution is 2.46. The van der Waals surface area contributed by atoms with Crippen molar-refractivity contribution < 1.29 is 37.1 Å². The summed E-state index contributed by atoms with van der Waals surface area (Å²) >= 11 is 1.53. The van der Waals surface area contributed by atoms with E-state index in [0.717, 1.165) is 34.6 Å². The number of hydrogen-bond donors (Lipinski definition) is 3. The highest BCUT2D eigenvalue weighted by Gasteiger charge is 2.62. The first-order valence-corrected chi connectivity index (χ1v) is 22.3. The first-order valence-electron chi connectivity index (χ1n) is 19.9. The third kappa shape index (κ3) is 8.83. The number of sulfonamides is 1. The van der Waals surface area contributed by atoms with Crippen molar-refractivity contribution in [3.8, 4) is 16.6 Å². The van der Waals surface area contributed by atoms with Gasteiger partial charge in [-0.05, 0) is 92.2 Å². The van der Waals surface area contributed by atoms with Gasteiger partial charge in [0, 0.05) is 35.0 Å². The van der Waals surface area contributed by atoms with Crippen molar-refractivity contribution in [3.63, 3.8) is 0 Å². The number of ether oxygens (including phenoxy) is 2. The van der Waals surface area contributed by atoms with Gasteiger partial charge in [0.1, 0.15) is 39.9 Å². The number of aromatic nitrogens is 3. The normalized spacial score (nSPS) is 26.5. The summed E-state index contributed by atoms with van der Waals surface area (Å²) in [5.74, 6) is -2.32. The van der Waals surface area contributed by atoms with Gasteiger partial charge in [-0.1, -0.05) is 31.1 Å². The van der Waals surface area contributed by atoms with Crippen LogP contribution in [0.15, 0.2) is 35.7 Å². The van der Waals surface area contributed by atoms with Gasteiger partial charge in [-0.2, -0.15) is 4.98 Å². The van der Waals surface area contributed by atoms with E-state index in [1.54, 1.807) is 20.8 Å². The third-order valence-electron chi connectivity index (χ3n) is 10.9. The molecule has 3 aromatic rings. The van der Waals surface area contributed by atoms with Crippen molar-refractivity contribution >= 4 is 56.2 Å². The van der Waals surface area contributed by atoms with E-state index in [1.807, 2.05) is 61.1 Å². The standard InChI is InChI=1S/C40H53N7O8S2/c1-23(2)47-30-16-12-14-28(34-41-24(3)22-56-34)32(30)43-37(47)54-26-19-31-33(48)44-40(36(50)45-57(52,53)27-17-18-27)20-25(40)13-10-8-7-9-11-15-29(35(49)46(31)21-26)42-38(51)55-39(4,5)6/h10,12-14,16,22-23,25-27,29,31H,7-9,11,15,17-21H2,1-6H3,(H,42,51)(H,44,48)(H,45,50)/b13-10-/t25-,26-,29+,31+,40-/m1/s1. The van der Waals surface area contributed by atoms with Crippen LogP contribution in [0.3, 0.4) is 0 Å². The summed E-state index contributed by atoms with van der Waals surface area (Å²) in [6.45, 7) is 11.2. The van der Waals surface area contributed by atoms with E-state index >= 15 is 0 Å². The molecular weight excluding hydrogens is 771 g/mol. The van der Waals surface area contributed by atoms with E-state index in [9.17, 15) is 27.6 Å². The number of benzene rings is 1. The Morgan fingerprint density at radius 2 is 1.86 bits per heavy atom. The van der Waals surface area contributed by atoms with Crippen molar-refractivity contribution in [1.82, 2.24) is 34.8 Å². The van der Waals surface area contributed by atoms with Crippen LogP contribution in [0.4, 0.5) is 4.79 Å². The van der Waals surface area contributed by atoms with Crippen molar-refractivity contribution in [2.45, 2.75) is 140 Å². The molecule has 4 aliphatic rings. The van der Waals surface area contributed by atoms with E-state index in [-0.39, 0.29) is 25.4 Å². The molecule has 1 saturated heterocycles. The summed E-state index contributed by atoms with van der Waals surface area (Å²) in [5.41, 5.74) is 1.00. The van der Waals surface area contributed by atoms with Gasteiger partial charge >= 0.3 is 6.09 Å². The molecule has 0 spiro atoms. The van der Waals surface area contributed by atoms with E-state index in [1.165, 1.54) is 16.2 Å². The minimum Gasteiger partial charge on any atom is -0.459 e. The number of nitrogens with zero attached hydrogens (tertiary/aromatic N) is 4. The molecule has 0 bridgehead atoms. The number of thiazole rings is 1. The zero-order valence-corrected chi connectivity index (χ0v) is 35.0. The van der Waals surface area contributed by atoms with Crippen LogP contribution in [-0.4, -0.2) is 92.8 Å². The van der Waals surface area contributed by atoms with Gasteiger partial charge in [-0.3, -0.25) is 23.7 Å². The van der Waals surface area contributed by atoms with Crippen molar-refractivity contribution in [2.24, 2.45) is 5.92 Å². The fraction of sp³-hybridized carbons (Fsp3) is 0.600. The molecule has 0 unspecified atom stereocenters. The summed E-state index contributed by atoms with van der Waals surface area (Å²) < 4.78 is 42.2. The number of carbonyl (C=O) groups is 4. The molecule has 2 saturated carbocycles. The van der Waals surface area contributed by atoms with Gasteiger partial charge in [0.15, 0.2) is 0 Å². The SMILES string of the molecule is Cc1csc(-c2cccc3c2nc(O[C@@H]2C[C@H]4C(=O)N[C@]5(C(=O)NS(=O)(=O)C6CC6)C[C@H]5/C=C\CCCCC[C@H](NC(=O)OC(C)(C)C)C(=O)N4C2)n3C(C)C)n1. The number of rotatable bonds is 8. The fourth-order valence-corrected chi connectivity index (χ4v) is 9.96. The molecule has 2 aromatic heterocycles. The number of aryl methyl sites for hydroxylation is 1. The Labute approximate surface area is 337 Å². The lowest BCUT2D eigenvalue weighted by molar-refractivity contribution is -0.141. The molecule has 7 rings (SSSR count). The topological polar surface area (TPSA) is 191 Å². The Morgan fingerprint density at radius 1 is 1.09 bits per heavy atom. The van der Waals surface area contributed by atoms with Crippen LogP contribution in [0.25, 0.3) is 21.6 Å². The van der Waals surface area contributed by atoms with Crippen LogP contribution < -0.4 is 20.1 Å². The van der Waals surface area contributed by atoms with Crippen molar-refractivity contribution in [1.29, 1.82) is 0 Å². The largest absolute Gasteiger partial charge is 0.459 e. The molecule has 3 N–H and O–H groups in total.